The number of aromatic hydroxyl groups is 1. The Labute approximate surface area is 208 Å². The third-order valence-corrected chi connectivity index (χ3v) is 6.45. The Morgan fingerprint density at radius 2 is 1.64 bits per heavy atom. The van der Waals surface area contributed by atoms with Gasteiger partial charge in [-0.1, -0.05) is 66.7 Å². The lowest BCUT2D eigenvalue weighted by Crippen LogP contribution is -2.57. The van der Waals surface area contributed by atoms with E-state index in [0.717, 1.165) is 11.1 Å². The van der Waals surface area contributed by atoms with E-state index in [1.165, 1.54) is 4.90 Å². The third kappa shape index (κ3) is 4.65. The van der Waals surface area contributed by atoms with E-state index < -0.39 is 6.09 Å². The lowest BCUT2D eigenvalue weighted by atomic mass is 10.0. The van der Waals surface area contributed by atoms with E-state index in [9.17, 15) is 19.8 Å². The van der Waals surface area contributed by atoms with E-state index in [0.29, 0.717) is 17.8 Å². The standard InChI is InChI=1S/C28H26N4O4/c33-24-13-7-12-22(17-24)32-19-29-25(26(32)21-10-5-2-6-11-21)27(34)31-15-14-30(28(35)36)18-23(31)16-20-8-3-1-4-9-20/h1-13,17,19,23,33H,14-16,18H2,(H,35,36)/t23-/m1/s1. The zero-order valence-electron chi connectivity index (χ0n) is 19.6. The molecular weight excluding hydrogens is 456 g/mol. The molecule has 0 aliphatic carbocycles. The molecule has 0 spiro atoms. The number of aromatic nitrogens is 2. The van der Waals surface area contributed by atoms with Gasteiger partial charge in [-0.15, -0.1) is 0 Å². The van der Waals surface area contributed by atoms with Crippen molar-refractivity contribution in [2.75, 3.05) is 19.6 Å². The molecule has 1 fully saturated rings. The van der Waals surface area contributed by atoms with E-state index in [4.69, 9.17) is 0 Å². The summed E-state index contributed by atoms with van der Waals surface area (Å²) in [6, 6.07) is 25.7. The minimum absolute atomic E-state index is 0.112. The monoisotopic (exact) mass is 482 g/mol. The Morgan fingerprint density at radius 3 is 2.33 bits per heavy atom. The van der Waals surface area contributed by atoms with Crippen molar-refractivity contribution in [1.29, 1.82) is 0 Å². The first-order valence-electron chi connectivity index (χ1n) is 11.8. The van der Waals surface area contributed by atoms with Crippen LogP contribution in [0.25, 0.3) is 16.9 Å². The quantitative estimate of drug-likeness (QED) is 0.442. The Balaban J connectivity index is 1.55. The molecule has 0 radical (unpaired) electrons. The van der Waals surface area contributed by atoms with Crippen LogP contribution >= 0.6 is 0 Å². The second kappa shape index (κ2) is 9.95. The number of phenolic OH excluding ortho intramolecular Hbond substituents is 1. The summed E-state index contributed by atoms with van der Waals surface area (Å²) < 4.78 is 1.79. The number of benzene rings is 3. The van der Waals surface area contributed by atoms with Gasteiger partial charge in [0.1, 0.15) is 12.1 Å². The third-order valence-electron chi connectivity index (χ3n) is 6.45. The summed E-state index contributed by atoms with van der Waals surface area (Å²) in [6.07, 6.45) is 1.13. The van der Waals surface area contributed by atoms with Gasteiger partial charge in [0.05, 0.1) is 17.4 Å². The second-order valence-electron chi connectivity index (χ2n) is 8.77. The van der Waals surface area contributed by atoms with Crippen LogP contribution in [0.4, 0.5) is 4.79 Å². The molecule has 2 N–H and O–H groups in total. The number of hydrogen-bond acceptors (Lipinski definition) is 4. The van der Waals surface area contributed by atoms with Crippen LogP contribution in [0.15, 0.2) is 91.3 Å². The van der Waals surface area contributed by atoms with E-state index in [-0.39, 0.29) is 43.0 Å². The normalized spacial score (nSPS) is 15.6. The van der Waals surface area contributed by atoms with Crippen LogP contribution < -0.4 is 0 Å². The highest BCUT2D eigenvalue weighted by Gasteiger charge is 2.35. The van der Waals surface area contributed by atoms with Gasteiger partial charge in [-0.2, -0.15) is 0 Å². The SMILES string of the molecule is O=C(O)N1CCN(C(=O)c2ncn(-c3cccc(O)c3)c2-c2ccccc2)[C@H](Cc2ccccc2)C1. The van der Waals surface area contributed by atoms with Crippen molar-refractivity contribution < 1.29 is 19.8 Å². The molecular formula is C28H26N4O4. The van der Waals surface area contributed by atoms with E-state index in [1.54, 1.807) is 34.0 Å². The van der Waals surface area contributed by atoms with Gasteiger partial charge in [-0.3, -0.25) is 9.36 Å². The number of carboxylic acid groups (broad SMARTS) is 1. The Morgan fingerprint density at radius 1 is 0.917 bits per heavy atom. The molecule has 0 bridgehead atoms. The van der Waals surface area contributed by atoms with Crippen molar-refractivity contribution in [3.63, 3.8) is 0 Å². The smallest absolute Gasteiger partial charge is 0.407 e. The average molecular weight is 483 g/mol. The molecule has 36 heavy (non-hydrogen) atoms. The van der Waals surface area contributed by atoms with Crippen molar-refractivity contribution in [3.05, 3.63) is 103 Å². The summed E-state index contributed by atoms with van der Waals surface area (Å²) in [5.41, 5.74) is 3.42. The number of carbonyl (C=O) groups excluding carboxylic acids is 1. The van der Waals surface area contributed by atoms with Crippen LogP contribution in [0.1, 0.15) is 16.1 Å². The first kappa shape index (κ1) is 23.2. The zero-order chi connectivity index (χ0) is 25.1. The predicted octanol–water partition coefficient (Wildman–Crippen LogP) is 4.29. The number of hydrogen-bond donors (Lipinski definition) is 2. The number of rotatable bonds is 5. The van der Waals surface area contributed by atoms with Crippen LogP contribution in [0, 0.1) is 0 Å². The number of nitrogens with zero attached hydrogens (tertiary/aromatic N) is 4. The van der Waals surface area contributed by atoms with Crippen LogP contribution in [0.5, 0.6) is 5.75 Å². The number of piperazine rings is 1. The molecule has 3 aromatic carbocycles. The zero-order valence-corrected chi connectivity index (χ0v) is 19.6. The Kier molecular flexibility index (Phi) is 6.40. The molecule has 1 aromatic heterocycles. The van der Waals surface area contributed by atoms with Crippen LogP contribution in [0.2, 0.25) is 0 Å². The van der Waals surface area contributed by atoms with Gasteiger partial charge in [0.25, 0.3) is 5.91 Å². The summed E-state index contributed by atoms with van der Waals surface area (Å²) in [5, 5.41) is 19.6. The lowest BCUT2D eigenvalue weighted by Gasteiger charge is -2.40. The molecule has 0 saturated carbocycles. The number of carbonyl (C=O) groups is 2. The second-order valence-corrected chi connectivity index (χ2v) is 8.77. The highest BCUT2D eigenvalue weighted by atomic mass is 16.4. The maximum absolute atomic E-state index is 14.0. The molecule has 182 valence electrons. The van der Waals surface area contributed by atoms with Gasteiger partial charge in [0, 0.05) is 31.3 Å². The molecule has 1 aliphatic heterocycles. The Hall–Kier alpha value is -4.59. The predicted molar refractivity (Wildman–Crippen MR) is 135 cm³/mol. The average Bonchev–Trinajstić information content (AvgIpc) is 3.35. The van der Waals surface area contributed by atoms with Crippen molar-refractivity contribution in [2.24, 2.45) is 0 Å². The number of imidazole rings is 1. The van der Waals surface area contributed by atoms with Gasteiger partial charge in [-0.05, 0) is 24.1 Å². The fourth-order valence-electron chi connectivity index (χ4n) is 4.71. The minimum atomic E-state index is -0.988. The molecule has 1 saturated heterocycles. The molecule has 4 aromatic rings. The Bertz CT molecular complexity index is 1370. The molecule has 2 amide bonds. The summed E-state index contributed by atoms with van der Waals surface area (Å²) in [4.78, 5) is 33.4. The summed E-state index contributed by atoms with van der Waals surface area (Å²) in [7, 11) is 0. The maximum Gasteiger partial charge on any atom is 0.407 e. The van der Waals surface area contributed by atoms with Gasteiger partial charge in [0.2, 0.25) is 0 Å². The van der Waals surface area contributed by atoms with Crippen molar-refractivity contribution in [2.45, 2.75) is 12.5 Å². The highest BCUT2D eigenvalue weighted by Crippen LogP contribution is 2.30. The van der Waals surface area contributed by atoms with Gasteiger partial charge in [-0.25, -0.2) is 9.78 Å². The van der Waals surface area contributed by atoms with E-state index in [1.807, 2.05) is 66.7 Å². The molecule has 5 rings (SSSR count). The molecule has 8 nitrogen and oxygen atoms in total. The van der Waals surface area contributed by atoms with Crippen molar-refractivity contribution >= 4 is 12.0 Å². The molecule has 8 heteroatoms. The summed E-state index contributed by atoms with van der Waals surface area (Å²) >= 11 is 0. The molecule has 2 heterocycles. The topological polar surface area (TPSA) is 98.9 Å². The number of amides is 2. The molecule has 1 aliphatic rings. The van der Waals surface area contributed by atoms with Gasteiger partial charge in [0.15, 0.2) is 5.69 Å². The van der Waals surface area contributed by atoms with Crippen LogP contribution in [-0.2, 0) is 6.42 Å². The van der Waals surface area contributed by atoms with Crippen LogP contribution in [0.3, 0.4) is 0 Å². The van der Waals surface area contributed by atoms with E-state index in [2.05, 4.69) is 4.98 Å². The fraction of sp³-hybridized carbons (Fsp3) is 0.179. The lowest BCUT2D eigenvalue weighted by molar-refractivity contribution is 0.0447. The van der Waals surface area contributed by atoms with Crippen LogP contribution in [-0.4, -0.2) is 67.2 Å². The number of phenols is 1. The fourth-order valence-corrected chi connectivity index (χ4v) is 4.71. The first-order valence-corrected chi connectivity index (χ1v) is 11.8. The van der Waals surface area contributed by atoms with E-state index >= 15 is 0 Å². The summed E-state index contributed by atoms with van der Waals surface area (Å²) in [5.74, 6) is -0.139. The first-order chi connectivity index (χ1) is 17.5. The maximum atomic E-state index is 14.0. The van der Waals surface area contributed by atoms with Gasteiger partial charge >= 0.3 is 6.09 Å². The largest absolute Gasteiger partial charge is 0.508 e. The van der Waals surface area contributed by atoms with Crippen molar-refractivity contribution in [1.82, 2.24) is 19.4 Å². The van der Waals surface area contributed by atoms with Gasteiger partial charge < -0.3 is 20.0 Å². The minimum Gasteiger partial charge on any atom is -0.508 e. The summed E-state index contributed by atoms with van der Waals surface area (Å²) in [6.45, 7) is 0.736. The molecule has 1 atom stereocenters. The highest BCUT2D eigenvalue weighted by molar-refractivity contribution is 5.99. The molecule has 0 unspecified atom stereocenters. The van der Waals surface area contributed by atoms with Crippen molar-refractivity contribution in [3.8, 4) is 22.7 Å².